The summed E-state index contributed by atoms with van der Waals surface area (Å²) in [6.45, 7) is 5.33. The number of nitrogens with zero attached hydrogens (tertiary/aromatic N) is 2. The van der Waals surface area contributed by atoms with Gasteiger partial charge in [0.25, 0.3) is 0 Å². The lowest BCUT2D eigenvalue weighted by atomic mass is 9.92. The van der Waals surface area contributed by atoms with Crippen molar-refractivity contribution in [2.75, 3.05) is 40.3 Å². The van der Waals surface area contributed by atoms with Crippen LogP contribution in [0, 0.1) is 17.8 Å². The molecule has 1 N–H and O–H groups in total. The van der Waals surface area contributed by atoms with Crippen molar-refractivity contribution >= 4 is 11.8 Å². The van der Waals surface area contributed by atoms with E-state index in [1.807, 2.05) is 4.90 Å². The largest absolute Gasteiger partial charge is 0.349 e. The summed E-state index contributed by atoms with van der Waals surface area (Å²) in [4.78, 5) is 27.9. The molecule has 2 saturated heterocycles. The number of hydrogen-bond donors (Lipinski definition) is 1. The highest BCUT2D eigenvalue weighted by Crippen LogP contribution is 2.24. The molecule has 0 saturated carbocycles. The van der Waals surface area contributed by atoms with Crippen LogP contribution in [0.5, 0.6) is 0 Å². The monoisotopic (exact) mass is 267 g/mol. The van der Waals surface area contributed by atoms with E-state index in [9.17, 15) is 9.59 Å². The molecule has 2 aliphatic heterocycles. The first-order valence-corrected chi connectivity index (χ1v) is 7.21. The molecule has 0 aromatic heterocycles. The van der Waals surface area contributed by atoms with Crippen LogP contribution in [-0.4, -0.2) is 61.9 Å². The average molecular weight is 267 g/mol. The summed E-state index contributed by atoms with van der Waals surface area (Å²) < 4.78 is 0. The summed E-state index contributed by atoms with van der Waals surface area (Å²) in [5.41, 5.74) is 0. The number of piperidine rings is 1. The fourth-order valence-corrected chi connectivity index (χ4v) is 3.09. The zero-order valence-electron chi connectivity index (χ0n) is 12.2. The second-order valence-corrected chi connectivity index (χ2v) is 6.07. The molecule has 2 amide bonds. The van der Waals surface area contributed by atoms with Crippen molar-refractivity contribution < 1.29 is 9.59 Å². The quantitative estimate of drug-likeness (QED) is 0.776. The molecule has 0 aromatic rings. The number of nitrogens with one attached hydrogen (secondary N) is 1. The third-order valence-corrected chi connectivity index (χ3v) is 4.43. The van der Waals surface area contributed by atoms with E-state index < -0.39 is 0 Å². The van der Waals surface area contributed by atoms with Crippen LogP contribution in [0.15, 0.2) is 0 Å². The standard InChI is InChI=1S/C14H25N3O2/c1-10-8-15-9-12(10)14(19)17-6-4-11(5-7-17)13(18)16(2)3/h10-12,15H,4-9H2,1-3H3/t10-,12-/m1/s1. The van der Waals surface area contributed by atoms with Gasteiger partial charge in [0.1, 0.15) is 0 Å². The van der Waals surface area contributed by atoms with Crippen LogP contribution in [0.2, 0.25) is 0 Å². The van der Waals surface area contributed by atoms with Gasteiger partial charge in [0.2, 0.25) is 11.8 Å². The van der Waals surface area contributed by atoms with Gasteiger partial charge < -0.3 is 15.1 Å². The van der Waals surface area contributed by atoms with Crippen LogP contribution < -0.4 is 5.32 Å². The first-order chi connectivity index (χ1) is 9.00. The fraction of sp³-hybridized carbons (Fsp3) is 0.857. The second-order valence-electron chi connectivity index (χ2n) is 6.07. The molecule has 0 bridgehead atoms. The number of hydrogen-bond acceptors (Lipinski definition) is 3. The summed E-state index contributed by atoms with van der Waals surface area (Å²) in [6.07, 6.45) is 1.61. The van der Waals surface area contributed by atoms with Gasteiger partial charge in [0, 0.05) is 39.6 Å². The Morgan fingerprint density at radius 1 is 1.16 bits per heavy atom. The van der Waals surface area contributed by atoms with Crippen molar-refractivity contribution in [2.45, 2.75) is 19.8 Å². The number of rotatable bonds is 2. The molecule has 19 heavy (non-hydrogen) atoms. The number of carbonyl (C=O) groups is 2. The highest BCUT2D eigenvalue weighted by atomic mass is 16.2. The maximum atomic E-state index is 12.4. The molecule has 2 fully saturated rings. The van der Waals surface area contributed by atoms with Crippen LogP contribution in [0.1, 0.15) is 19.8 Å². The molecular weight excluding hydrogens is 242 g/mol. The Bertz CT molecular complexity index is 349. The first kappa shape index (κ1) is 14.3. The van der Waals surface area contributed by atoms with Crippen LogP contribution >= 0.6 is 0 Å². The van der Waals surface area contributed by atoms with Gasteiger partial charge in [-0.05, 0) is 25.3 Å². The van der Waals surface area contributed by atoms with Crippen LogP contribution in [0.3, 0.4) is 0 Å². The maximum Gasteiger partial charge on any atom is 0.227 e. The van der Waals surface area contributed by atoms with E-state index in [4.69, 9.17) is 0 Å². The highest BCUT2D eigenvalue weighted by molar-refractivity contribution is 5.81. The Hall–Kier alpha value is -1.10. The fourth-order valence-electron chi connectivity index (χ4n) is 3.09. The Morgan fingerprint density at radius 3 is 2.26 bits per heavy atom. The molecular formula is C14H25N3O2. The number of amides is 2. The molecule has 2 atom stereocenters. The minimum atomic E-state index is 0.0955. The summed E-state index contributed by atoms with van der Waals surface area (Å²) >= 11 is 0. The lowest BCUT2D eigenvalue weighted by molar-refractivity contribution is -0.141. The van der Waals surface area contributed by atoms with Gasteiger partial charge >= 0.3 is 0 Å². The van der Waals surface area contributed by atoms with Crippen molar-refractivity contribution in [3.05, 3.63) is 0 Å². The molecule has 2 rings (SSSR count). The van der Waals surface area contributed by atoms with Crippen molar-refractivity contribution in [3.63, 3.8) is 0 Å². The van der Waals surface area contributed by atoms with Crippen LogP contribution in [0.4, 0.5) is 0 Å². The molecule has 108 valence electrons. The van der Waals surface area contributed by atoms with Gasteiger partial charge in [0.05, 0.1) is 5.92 Å². The number of likely N-dealkylation sites (tertiary alicyclic amines) is 1. The predicted octanol–water partition coefficient (Wildman–Crippen LogP) is 0.169. The molecule has 2 aliphatic rings. The molecule has 5 nitrogen and oxygen atoms in total. The molecule has 5 heteroatoms. The predicted molar refractivity (Wildman–Crippen MR) is 73.5 cm³/mol. The molecule has 0 radical (unpaired) electrons. The van der Waals surface area contributed by atoms with E-state index in [0.29, 0.717) is 5.92 Å². The van der Waals surface area contributed by atoms with E-state index >= 15 is 0 Å². The summed E-state index contributed by atoms with van der Waals surface area (Å²) in [5, 5.41) is 3.28. The lowest BCUT2D eigenvalue weighted by Gasteiger charge is -2.34. The Kier molecular flexibility index (Phi) is 4.45. The van der Waals surface area contributed by atoms with E-state index in [1.54, 1.807) is 19.0 Å². The van der Waals surface area contributed by atoms with Crippen molar-refractivity contribution in [3.8, 4) is 0 Å². The zero-order chi connectivity index (χ0) is 14.0. The van der Waals surface area contributed by atoms with E-state index in [0.717, 1.165) is 39.0 Å². The van der Waals surface area contributed by atoms with Gasteiger partial charge in [-0.2, -0.15) is 0 Å². The Balaban J connectivity index is 1.86. The van der Waals surface area contributed by atoms with E-state index in [-0.39, 0.29) is 23.7 Å². The molecule has 0 aromatic carbocycles. The van der Waals surface area contributed by atoms with Crippen LogP contribution in [0.25, 0.3) is 0 Å². The Morgan fingerprint density at radius 2 is 1.79 bits per heavy atom. The topological polar surface area (TPSA) is 52.7 Å². The normalized spacial score (nSPS) is 28.5. The zero-order valence-corrected chi connectivity index (χ0v) is 12.2. The van der Waals surface area contributed by atoms with E-state index in [2.05, 4.69) is 12.2 Å². The summed E-state index contributed by atoms with van der Waals surface area (Å²) in [7, 11) is 3.59. The second kappa shape index (κ2) is 5.90. The van der Waals surface area contributed by atoms with Crippen molar-refractivity contribution in [1.82, 2.24) is 15.1 Å². The van der Waals surface area contributed by atoms with Gasteiger partial charge in [-0.3, -0.25) is 9.59 Å². The molecule has 2 heterocycles. The minimum absolute atomic E-state index is 0.0955. The molecule has 0 aliphatic carbocycles. The SMILES string of the molecule is C[C@@H]1CNC[C@H]1C(=O)N1CCC(C(=O)N(C)C)CC1. The van der Waals surface area contributed by atoms with Gasteiger partial charge in [-0.1, -0.05) is 6.92 Å². The highest BCUT2D eigenvalue weighted by Gasteiger charge is 2.35. The first-order valence-electron chi connectivity index (χ1n) is 7.21. The van der Waals surface area contributed by atoms with Gasteiger partial charge in [-0.25, -0.2) is 0 Å². The van der Waals surface area contributed by atoms with Gasteiger partial charge in [0.15, 0.2) is 0 Å². The minimum Gasteiger partial charge on any atom is -0.349 e. The van der Waals surface area contributed by atoms with Crippen molar-refractivity contribution in [1.29, 1.82) is 0 Å². The summed E-state index contributed by atoms with van der Waals surface area (Å²) in [5.74, 6) is 1.11. The third-order valence-electron chi connectivity index (χ3n) is 4.43. The summed E-state index contributed by atoms with van der Waals surface area (Å²) in [6, 6.07) is 0. The van der Waals surface area contributed by atoms with E-state index in [1.165, 1.54) is 0 Å². The molecule has 0 unspecified atom stereocenters. The smallest absolute Gasteiger partial charge is 0.227 e. The third kappa shape index (κ3) is 3.08. The molecule has 0 spiro atoms. The van der Waals surface area contributed by atoms with Gasteiger partial charge in [-0.15, -0.1) is 0 Å². The maximum absolute atomic E-state index is 12.4. The lowest BCUT2D eigenvalue weighted by Crippen LogP contribution is -2.46. The van der Waals surface area contributed by atoms with Crippen molar-refractivity contribution in [2.24, 2.45) is 17.8 Å². The Labute approximate surface area is 115 Å². The number of carbonyl (C=O) groups excluding carboxylic acids is 2. The van der Waals surface area contributed by atoms with Crippen LogP contribution in [-0.2, 0) is 9.59 Å². The average Bonchev–Trinajstić information content (AvgIpc) is 2.83.